The van der Waals surface area contributed by atoms with E-state index in [0.717, 1.165) is 9.75 Å². The number of carbonyl (C=O) groups is 3. The van der Waals surface area contributed by atoms with Crippen LogP contribution in [0.5, 0.6) is 0 Å². The second-order valence-corrected chi connectivity index (χ2v) is 7.61. The second kappa shape index (κ2) is 8.34. The maximum Gasteiger partial charge on any atom is 0.339 e. The summed E-state index contributed by atoms with van der Waals surface area (Å²) in [5.41, 5.74) is 0.594. The van der Waals surface area contributed by atoms with E-state index < -0.39 is 5.97 Å². The number of nitrogens with zero attached hydrogens (tertiary/aromatic N) is 1. The van der Waals surface area contributed by atoms with Crippen LogP contribution in [0.3, 0.4) is 0 Å². The van der Waals surface area contributed by atoms with Crippen molar-refractivity contribution in [2.75, 3.05) is 26.0 Å². The fourth-order valence-corrected chi connectivity index (χ4v) is 4.10. The molecule has 1 aliphatic heterocycles. The highest BCUT2D eigenvalue weighted by atomic mass is 32.2. The molecular formula is C16H19NO5S2. The van der Waals surface area contributed by atoms with Gasteiger partial charge in [0.25, 0.3) is 0 Å². The number of methoxy groups -OCH3 is 1. The second-order valence-electron chi connectivity index (χ2n) is 5.16. The van der Waals surface area contributed by atoms with Gasteiger partial charge in [-0.3, -0.25) is 4.79 Å². The highest BCUT2D eigenvalue weighted by Gasteiger charge is 2.27. The molecule has 8 heteroatoms. The maximum absolute atomic E-state index is 12.0. The van der Waals surface area contributed by atoms with Crippen molar-refractivity contribution in [1.82, 2.24) is 4.90 Å². The van der Waals surface area contributed by atoms with Gasteiger partial charge in [-0.25, -0.2) is 9.59 Å². The van der Waals surface area contributed by atoms with Gasteiger partial charge in [-0.2, -0.15) is 0 Å². The van der Waals surface area contributed by atoms with E-state index in [2.05, 4.69) is 4.74 Å². The predicted molar refractivity (Wildman–Crippen MR) is 93.0 cm³/mol. The van der Waals surface area contributed by atoms with Crippen LogP contribution in [0.4, 0.5) is 0 Å². The van der Waals surface area contributed by atoms with Crippen LogP contribution in [0.25, 0.3) is 0 Å². The van der Waals surface area contributed by atoms with Gasteiger partial charge in [0.1, 0.15) is 0 Å². The molecule has 1 fully saturated rings. The number of thioether (sulfide) groups is 1. The van der Waals surface area contributed by atoms with Crippen LogP contribution in [0, 0.1) is 13.8 Å². The molecule has 0 radical (unpaired) electrons. The quantitative estimate of drug-likeness (QED) is 0.436. The molecule has 0 unspecified atom stereocenters. The molecule has 0 aromatic carbocycles. The first-order valence-corrected chi connectivity index (χ1v) is 9.19. The molecule has 1 aromatic rings. The van der Waals surface area contributed by atoms with Crippen LogP contribution in [0.2, 0.25) is 0 Å². The van der Waals surface area contributed by atoms with Gasteiger partial charge >= 0.3 is 11.9 Å². The van der Waals surface area contributed by atoms with Gasteiger partial charge in [0.15, 0.2) is 0 Å². The Labute approximate surface area is 148 Å². The van der Waals surface area contributed by atoms with Gasteiger partial charge in [-0.05, 0) is 26.3 Å². The summed E-state index contributed by atoms with van der Waals surface area (Å²) < 4.78 is 9.85. The normalized spacial score (nSPS) is 15.9. The predicted octanol–water partition coefficient (Wildman–Crippen LogP) is 2.50. The first-order chi connectivity index (χ1) is 11.4. The zero-order valence-corrected chi connectivity index (χ0v) is 15.4. The van der Waals surface area contributed by atoms with E-state index in [1.165, 1.54) is 29.8 Å². The lowest BCUT2D eigenvalue weighted by Gasteiger charge is -2.16. The third-order valence-corrected chi connectivity index (χ3v) is 5.36. The summed E-state index contributed by atoms with van der Waals surface area (Å²) in [5, 5.41) is 0.572. The van der Waals surface area contributed by atoms with Crippen molar-refractivity contribution >= 4 is 40.9 Å². The monoisotopic (exact) mass is 369 g/mol. The summed E-state index contributed by atoms with van der Waals surface area (Å²) >= 11 is 2.86. The number of esters is 2. The van der Waals surface area contributed by atoms with E-state index in [4.69, 9.17) is 4.74 Å². The Morgan fingerprint density at radius 3 is 2.75 bits per heavy atom. The van der Waals surface area contributed by atoms with Crippen LogP contribution in [0.15, 0.2) is 17.2 Å². The molecule has 1 amide bonds. The van der Waals surface area contributed by atoms with Gasteiger partial charge in [0.2, 0.25) is 5.91 Å². The van der Waals surface area contributed by atoms with Gasteiger partial charge in [-0.15, -0.1) is 11.3 Å². The Morgan fingerprint density at radius 1 is 1.38 bits per heavy atom. The fourth-order valence-electron chi connectivity index (χ4n) is 2.23. The Balaban J connectivity index is 1.83. The Kier molecular flexibility index (Phi) is 6.44. The van der Waals surface area contributed by atoms with Crippen LogP contribution >= 0.6 is 23.1 Å². The van der Waals surface area contributed by atoms with Crippen LogP contribution in [-0.4, -0.2) is 48.8 Å². The minimum Gasteiger partial charge on any atom is -0.466 e. The van der Waals surface area contributed by atoms with E-state index in [1.807, 2.05) is 19.9 Å². The number of carbonyl (C=O) groups excluding carboxylic acids is 3. The molecular weight excluding hydrogens is 350 g/mol. The number of rotatable bonds is 6. The number of hydrogen-bond donors (Lipinski definition) is 0. The highest BCUT2D eigenvalue weighted by Crippen LogP contribution is 2.29. The Bertz CT molecular complexity index is 680. The molecule has 1 aromatic heterocycles. The van der Waals surface area contributed by atoms with Crippen molar-refractivity contribution < 1.29 is 23.9 Å². The first kappa shape index (κ1) is 18.5. The topological polar surface area (TPSA) is 72.9 Å². The third-order valence-electron chi connectivity index (χ3n) is 3.37. The molecule has 0 N–H and O–H groups in total. The number of aryl methyl sites for hydroxylation is 2. The summed E-state index contributed by atoms with van der Waals surface area (Å²) in [5.74, 6) is -0.599. The minimum absolute atomic E-state index is 0.0641. The number of ether oxygens (including phenoxy) is 2. The van der Waals surface area contributed by atoms with E-state index in [0.29, 0.717) is 29.3 Å². The van der Waals surface area contributed by atoms with Crippen LogP contribution < -0.4 is 0 Å². The van der Waals surface area contributed by atoms with E-state index in [-0.39, 0.29) is 18.5 Å². The largest absolute Gasteiger partial charge is 0.466 e. The van der Waals surface area contributed by atoms with Gasteiger partial charge in [0, 0.05) is 16.3 Å². The van der Waals surface area contributed by atoms with Crippen molar-refractivity contribution in [2.24, 2.45) is 0 Å². The summed E-state index contributed by atoms with van der Waals surface area (Å²) in [7, 11) is 1.29. The lowest BCUT2D eigenvalue weighted by atomic mass is 10.2. The molecule has 1 saturated heterocycles. The van der Waals surface area contributed by atoms with E-state index >= 15 is 0 Å². The molecule has 0 bridgehead atoms. The Morgan fingerprint density at radius 2 is 2.12 bits per heavy atom. The fraction of sp³-hybridized carbons (Fsp3) is 0.438. The van der Waals surface area contributed by atoms with Crippen LogP contribution in [0.1, 0.15) is 26.5 Å². The highest BCUT2D eigenvalue weighted by molar-refractivity contribution is 8.04. The molecule has 0 saturated carbocycles. The number of amides is 1. The molecule has 2 heterocycles. The van der Waals surface area contributed by atoms with Gasteiger partial charge in [-0.1, -0.05) is 11.8 Å². The maximum atomic E-state index is 12.0. The molecule has 24 heavy (non-hydrogen) atoms. The van der Waals surface area contributed by atoms with Gasteiger partial charge in [0.05, 0.1) is 36.1 Å². The lowest BCUT2D eigenvalue weighted by Crippen LogP contribution is -2.27. The number of thiophene rings is 1. The number of hydrogen-bond acceptors (Lipinski definition) is 7. The molecule has 6 nitrogen and oxygen atoms in total. The lowest BCUT2D eigenvalue weighted by molar-refractivity contribution is -0.134. The van der Waals surface area contributed by atoms with Gasteiger partial charge < -0.3 is 14.4 Å². The summed E-state index contributed by atoms with van der Waals surface area (Å²) in [6.45, 7) is 4.44. The zero-order chi connectivity index (χ0) is 17.7. The summed E-state index contributed by atoms with van der Waals surface area (Å²) in [6.07, 6.45) is 1.80. The average molecular weight is 369 g/mol. The van der Waals surface area contributed by atoms with E-state index in [9.17, 15) is 14.4 Å². The minimum atomic E-state index is -0.494. The Hall–Kier alpha value is -1.80. The van der Waals surface area contributed by atoms with E-state index in [1.54, 1.807) is 11.3 Å². The first-order valence-electron chi connectivity index (χ1n) is 7.39. The molecule has 1 aliphatic rings. The van der Waals surface area contributed by atoms with Crippen molar-refractivity contribution in [3.05, 3.63) is 32.5 Å². The third kappa shape index (κ3) is 4.61. The molecule has 130 valence electrons. The zero-order valence-electron chi connectivity index (χ0n) is 13.8. The smallest absolute Gasteiger partial charge is 0.339 e. The van der Waals surface area contributed by atoms with Crippen molar-refractivity contribution in [3.63, 3.8) is 0 Å². The molecule has 0 spiro atoms. The SMILES string of the molecule is COC(=O)/C=C1/SCC(=O)N1CCCOC(=O)c1cc(C)sc1C. The van der Waals surface area contributed by atoms with Crippen molar-refractivity contribution in [3.8, 4) is 0 Å². The van der Waals surface area contributed by atoms with Crippen LogP contribution in [-0.2, 0) is 19.1 Å². The van der Waals surface area contributed by atoms with Crippen molar-refractivity contribution in [1.29, 1.82) is 0 Å². The summed E-state index contributed by atoms with van der Waals surface area (Å²) in [4.78, 5) is 38.7. The van der Waals surface area contributed by atoms with Crippen molar-refractivity contribution in [2.45, 2.75) is 20.3 Å². The average Bonchev–Trinajstić information content (AvgIpc) is 3.06. The standard InChI is InChI=1S/C16H19NO5S2/c1-10-7-12(11(2)24-10)16(20)22-6-4-5-17-13(18)9-23-14(17)8-15(19)21-3/h7-8H,4-6,9H2,1-3H3/b14-8+. The molecule has 0 atom stereocenters. The molecule has 0 aliphatic carbocycles. The molecule has 2 rings (SSSR count). The summed E-state index contributed by atoms with van der Waals surface area (Å²) in [6, 6.07) is 1.82.